The molecule has 0 unspecified atom stereocenters. The number of pyridine rings is 1. The number of hydrogen-bond acceptors (Lipinski definition) is 6. The topological polar surface area (TPSA) is 106 Å². The van der Waals surface area contributed by atoms with E-state index < -0.39 is 5.91 Å². The number of aromatic nitrogens is 3. The highest BCUT2D eigenvalue weighted by Gasteiger charge is 2.23. The fourth-order valence-corrected chi connectivity index (χ4v) is 3.23. The monoisotopic (exact) mass is 346 g/mol. The third-order valence-corrected chi connectivity index (χ3v) is 4.45. The molecule has 7 heteroatoms. The summed E-state index contributed by atoms with van der Waals surface area (Å²) in [6, 6.07) is 10.2. The number of nitrogens with zero attached hydrogens (tertiary/aromatic N) is 3. The maximum atomic E-state index is 11.8. The molecule has 1 aromatic carbocycles. The van der Waals surface area contributed by atoms with Crippen LogP contribution >= 0.6 is 0 Å². The van der Waals surface area contributed by atoms with Crippen LogP contribution in [-0.4, -0.2) is 20.9 Å². The van der Waals surface area contributed by atoms with Gasteiger partial charge in [-0.2, -0.15) is 0 Å². The lowest BCUT2D eigenvalue weighted by Gasteiger charge is -2.18. The van der Waals surface area contributed by atoms with E-state index in [0.29, 0.717) is 22.9 Å². The molecule has 0 saturated carbocycles. The van der Waals surface area contributed by atoms with Gasteiger partial charge < -0.3 is 16.4 Å². The number of nitrogens with one attached hydrogen (secondary N) is 2. The molecule has 1 aliphatic carbocycles. The summed E-state index contributed by atoms with van der Waals surface area (Å²) in [7, 11) is 0. The molecule has 0 radical (unpaired) electrons. The van der Waals surface area contributed by atoms with Crippen LogP contribution in [-0.2, 0) is 6.42 Å². The Kier molecular flexibility index (Phi) is 4.18. The predicted molar refractivity (Wildman–Crippen MR) is 99.2 cm³/mol. The van der Waals surface area contributed by atoms with E-state index in [1.165, 1.54) is 17.3 Å². The molecule has 2 aromatic heterocycles. The smallest absolute Gasteiger partial charge is 0.252 e. The summed E-state index contributed by atoms with van der Waals surface area (Å²) in [5, 5.41) is 6.53. The van der Waals surface area contributed by atoms with Crippen LogP contribution in [0.4, 0.5) is 17.3 Å². The minimum absolute atomic E-state index is 0.135. The molecule has 3 aromatic rings. The molecule has 2 heterocycles. The van der Waals surface area contributed by atoms with Crippen molar-refractivity contribution in [1.82, 2.24) is 15.0 Å². The van der Waals surface area contributed by atoms with E-state index in [-0.39, 0.29) is 6.04 Å². The van der Waals surface area contributed by atoms with Gasteiger partial charge in [0, 0.05) is 24.7 Å². The van der Waals surface area contributed by atoms with Gasteiger partial charge in [-0.3, -0.25) is 9.78 Å². The fourth-order valence-electron chi connectivity index (χ4n) is 3.23. The number of fused-ring (bicyclic) bond motifs is 1. The highest BCUT2D eigenvalue weighted by atomic mass is 16.1. The molecule has 7 nitrogen and oxygen atoms in total. The first-order valence-electron chi connectivity index (χ1n) is 8.38. The molecule has 26 heavy (non-hydrogen) atoms. The third-order valence-electron chi connectivity index (χ3n) is 4.45. The summed E-state index contributed by atoms with van der Waals surface area (Å²) in [5.41, 5.74) is 9.12. The molecule has 130 valence electrons. The minimum Gasteiger partial charge on any atom is -0.377 e. The number of rotatable bonds is 5. The zero-order valence-corrected chi connectivity index (χ0v) is 14.0. The van der Waals surface area contributed by atoms with Crippen LogP contribution in [0.15, 0.2) is 55.1 Å². The van der Waals surface area contributed by atoms with E-state index >= 15 is 0 Å². The Labute approximate surface area is 150 Å². The van der Waals surface area contributed by atoms with Crippen LogP contribution < -0.4 is 16.4 Å². The Morgan fingerprint density at radius 1 is 1.12 bits per heavy atom. The van der Waals surface area contributed by atoms with Gasteiger partial charge in [-0.25, -0.2) is 9.97 Å². The second-order valence-corrected chi connectivity index (χ2v) is 6.13. The van der Waals surface area contributed by atoms with Crippen LogP contribution in [0.5, 0.6) is 0 Å². The number of benzene rings is 1. The van der Waals surface area contributed by atoms with Crippen molar-refractivity contribution >= 4 is 23.2 Å². The largest absolute Gasteiger partial charge is 0.377 e. The number of carbonyl (C=O) groups excluding carboxylic acids is 1. The van der Waals surface area contributed by atoms with Crippen LogP contribution in [0.3, 0.4) is 0 Å². The van der Waals surface area contributed by atoms with Gasteiger partial charge in [-0.15, -0.1) is 0 Å². The number of anilines is 3. The summed E-state index contributed by atoms with van der Waals surface area (Å²) >= 11 is 0. The molecule has 0 saturated heterocycles. The summed E-state index contributed by atoms with van der Waals surface area (Å²) < 4.78 is 0. The lowest BCUT2D eigenvalue weighted by atomic mass is 10.1. The first kappa shape index (κ1) is 16.0. The molecule has 4 rings (SSSR count). The van der Waals surface area contributed by atoms with E-state index in [1.807, 2.05) is 12.1 Å². The maximum Gasteiger partial charge on any atom is 0.252 e. The predicted octanol–water partition coefficient (Wildman–Crippen LogP) is 2.81. The van der Waals surface area contributed by atoms with Gasteiger partial charge in [0.25, 0.3) is 5.91 Å². The molecule has 0 fully saturated rings. The highest BCUT2D eigenvalue weighted by molar-refractivity contribution is 5.98. The first-order chi connectivity index (χ1) is 12.7. The molecule has 4 N–H and O–H groups in total. The Bertz CT molecular complexity index is 944. The normalized spacial score (nSPS) is 15.3. The summed E-state index contributed by atoms with van der Waals surface area (Å²) in [6.45, 7) is 0. The molecule has 0 aliphatic heterocycles. The lowest BCUT2D eigenvalue weighted by molar-refractivity contribution is 0.100. The summed E-state index contributed by atoms with van der Waals surface area (Å²) in [6.07, 6.45) is 8.24. The lowest BCUT2D eigenvalue weighted by Crippen LogP contribution is -2.17. The van der Waals surface area contributed by atoms with Crippen molar-refractivity contribution in [3.63, 3.8) is 0 Å². The summed E-state index contributed by atoms with van der Waals surface area (Å²) in [5.74, 6) is 0.616. The second kappa shape index (κ2) is 6.79. The number of carbonyl (C=O) groups is 1. The van der Waals surface area contributed by atoms with Gasteiger partial charge in [0.2, 0.25) is 0 Å². The highest BCUT2D eigenvalue weighted by Crippen LogP contribution is 2.35. The average Bonchev–Trinajstić information content (AvgIpc) is 3.06. The second-order valence-electron chi connectivity index (χ2n) is 6.13. The first-order valence-corrected chi connectivity index (χ1v) is 8.38. The Morgan fingerprint density at radius 2 is 2.00 bits per heavy atom. The van der Waals surface area contributed by atoms with Gasteiger partial charge in [-0.05, 0) is 24.0 Å². The Balaban J connectivity index is 1.63. The standard InChI is InChI=1S/C19H18N6O/c20-19(26)14-10-23-17(25-18-11-21-7-8-22-18)9-16(14)24-15-6-5-12-3-1-2-4-13(12)15/h1-4,7-11,15H,5-6H2,(H2,20,26)(H2,22,23,24,25)/t15-/m1/s1. The quantitative estimate of drug-likeness (QED) is 0.656. The number of primary amides is 1. The van der Waals surface area contributed by atoms with Crippen LogP contribution in [0.2, 0.25) is 0 Å². The molecule has 0 bridgehead atoms. The van der Waals surface area contributed by atoms with Crippen molar-refractivity contribution in [2.45, 2.75) is 18.9 Å². The van der Waals surface area contributed by atoms with Crippen LogP contribution in [0, 0.1) is 0 Å². The Morgan fingerprint density at radius 3 is 2.81 bits per heavy atom. The Hall–Kier alpha value is -3.48. The van der Waals surface area contributed by atoms with Crippen molar-refractivity contribution in [3.8, 4) is 0 Å². The molecular formula is C19H18N6O. The SMILES string of the molecule is NC(=O)c1cnc(Nc2cnccn2)cc1N[C@@H]1CCc2ccccc21. The fraction of sp³-hybridized carbons (Fsp3) is 0.158. The van der Waals surface area contributed by atoms with Gasteiger partial charge in [-0.1, -0.05) is 24.3 Å². The van der Waals surface area contributed by atoms with E-state index in [9.17, 15) is 4.79 Å². The van der Waals surface area contributed by atoms with Gasteiger partial charge in [0.05, 0.1) is 23.5 Å². The molecule has 0 spiro atoms. The number of nitrogens with two attached hydrogens (primary N) is 1. The number of amides is 1. The maximum absolute atomic E-state index is 11.8. The molecule has 1 atom stereocenters. The zero-order valence-electron chi connectivity index (χ0n) is 14.0. The average molecular weight is 346 g/mol. The van der Waals surface area contributed by atoms with E-state index in [2.05, 4.69) is 37.7 Å². The van der Waals surface area contributed by atoms with E-state index in [4.69, 9.17) is 5.73 Å². The van der Waals surface area contributed by atoms with Crippen LogP contribution in [0.25, 0.3) is 0 Å². The van der Waals surface area contributed by atoms with Gasteiger partial charge in [0.1, 0.15) is 11.6 Å². The molecule has 1 aliphatic rings. The van der Waals surface area contributed by atoms with Crippen molar-refractivity contribution in [3.05, 3.63) is 71.8 Å². The van der Waals surface area contributed by atoms with Crippen molar-refractivity contribution < 1.29 is 4.79 Å². The number of hydrogen-bond donors (Lipinski definition) is 3. The van der Waals surface area contributed by atoms with E-state index in [0.717, 1.165) is 12.8 Å². The van der Waals surface area contributed by atoms with Gasteiger partial charge >= 0.3 is 0 Å². The van der Waals surface area contributed by atoms with Gasteiger partial charge in [0.15, 0.2) is 0 Å². The van der Waals surface area contributed by atoms with E-state index in [1.54, 1.807) is 24.7 Å². The summed E-state index contributed by atoms with van der Waals surface area (Å²) in [4.78, 5) is 24.2. The minimum atomic E-state index is -0.516. The number of aryl methyl sites for hydroxylation is 1. The molecule has 1 amide bonds. The van der Waals surface area contributed by atoms with Crippen LogP contribution in [0.1, 0.15) is 33.9 Å². The molecular weight excluding hydrogens is 328 g/mol. The third kappa shape index (κ3) is 3.19. The van der Waals surface area contributed by atoms with Crippen molar-refractivity contribution in [2.75, 3.05) is 10.6 Å². The zero-order chi connectivity index (χ0) is 17.9. The van der Waals surface area contributed by atoms with Crippen molar-refractivity contribution in [1.29, 1.82) is 0 Å². The van der Waals surface area contributed by atoms with Crippen molar-refractivity contribution in [2.24, 2.45) is 5.73 Å².